The molecule has 0 unspecified atom stereocenters. The number of amides is 2. The van der Waals surface area contributed by atoms with Gasteiger partial charge in [0, 0.05) is 19.1 Å². The predicted octanol–water partition coefficient (Wildman–Crippen LogP) is 1.94. The summed E-state index contributed by atoms with van der Waals surface area (Å²) in [4.78, 5) is 26.6. The maximum Gasteiger partial charge on any atom is 0.238 e. The lowest BCUT2D eigenvalue weighted by Crippen LogP contribution is -2.50. The largest absolute Gasteiger partial charge is 0.352 e. The van der Waals surface area contributed by atoms with Crippen molar-refractivity contribution in [2.45, 2.75) is 65.5 Å². The second-order valence-electron chi connectivity index (χ2n) is 7.29. The molecular formula is C15H26N2O2. The average molecular weight is 266 g/mol. The number of hydrogen-bond acceptors (Lipinski definition) is 2. The lowest BCUT2D eigenvalue weighted by atomic mass is 9.86. The number of nitrogens with zero attached hydrogens (tertiary/aromatic N) is 1. The number of carbonyl (C=O) groups is 2. The van der Waals surface area contributed by atoms with Gasteiger partial charge >= 0.3 is 0 Å². The van der Waals surface area contributed by atoms with Crippen molar-refractivity contribution in [3.05, 3.63) is 0 Å². The Morgan fingerprint density at radius 2 is 1.79 bits per heavy atom. The van der Waals surface area contributed by atoms with Gasteiger partial charge in [0.05, 0.1) is 0 Å². The number of hydrogen-bond donors (Lipinski definition) is 1. The van der Waals surface area contributed by atoms with E-state index in [1.807, 2.05) is 14.0 Å². The molecule has 2 saturated carbocycles. The van der Waals surface area contributed by atoms with E-state index in [9.17, 15) is 9.59 Å². The summed E-state index contributed by atoms with van der Waals surface area (Å²) in [6.07, 6.45) is 3.52. The van der Waals surface area contributed by atoms with Gasteiger partial charge < -0.3 is 10.2 Å². The minimum atomic E-state index is -0.753. The molecule has 0 bridgehead atoms. The molecule has 0 radical (unpaired) electrons. The first-order valence-corrected chi connectivity index (χ1v) is 7.27. The molecule has 1 atom stereocenters. The van der Waals surface area contributed by atoms with E-state index >= 15 is 0 Å². The normalized spacial score (nSPS) is 22.6. The van der Waals surface area contributed by atoms with Crippen LogP contribution in [0.5, 0.6) is 0 Å². The molecule has 4 heteroatoms. The molecule has 0 aromatic heterocycles. The topological polar surface area (TPSA) is 49.4 Å². The monoisotopic (exact) mass is 266 g/mol. The summed E-state index contributed by atoms with van der Waals surface area (Å²) >= 11 is 0. The molecule has 2 aliphatic carbocycles. The van der Waals surface area contributed by atoms with Gasteiger partial charge in [0.1, 0.15) is 5.41 Å². The Morgan fingerprint density at radius 3 is 2.16 bits per heavy atom. The lowest BCUT2D eigenvalue weighted by molar-refractivity contribution is -0.146. The zero-order chi connectivity index (χ0) is 14.4. The molecule has 0 aromatic rings. The summed E-state index contributed by atoms with van der Waals surface area (Å²) in [5.41, 5.74) is -0.732. The second-order valence-corrected chi connectivity index (χ2v) is 7.29. The van der Waals surface area contributed by atoms with Gasteiger partial charge in [-0.3, -0.25) is 9.59 Å². The van der Waals surface area contributed by atoms with Crippen molar-refractivity contribution in [3.63, 3.8) is 0 Å². The smallest absolute Gasteiger partial charge is 0.238 e. The Kier molecular flexibility index (Phi) is 3.40. The maximum absolute atomic E-state index is 12.6. The fourth-order valence-corrected chi connectivity index (χ4v) is 2.31. The minimum Gasteiger partial charge on any atom is -0.352 e. The van der Waals surface area contributed by atoms with E-state index < -0.39 is 5.41 Å². The van der Waals surface area contributed by atoms with Crippen LogP contribution in [0.4, 0.5) is 0 Å². The van der Waals surface area contributed by atoms with E-state index in [-0.39, 0.29) is 23.3 Å². The van der Waals surface area contributed by atoms with Gasteiger partial charge in [0.2, 0.25) is 11.8 Å². The van der Waals surface area contributed by atoms with Gasteiger partial charge in [0.15, 0.2) is 0 Å². The molecule has 4 nitrogen and oxygen atoms in total. The minimum absolute atomic E-state index is 0.00641. The molecule has 2 amide bonds. The summed E-state index contributed by atoms with van der Waals surface area (Å²) in [5.74, 6) is -0.0546. The van der Waals surface area contributed by atoms with Crippen molar-refractivity contribution in [1.29, 1.82) is 0 Å². The first-order valence-electron chi connectivity index (χ1n) is 7.27. The first-order chi connectivity index (χ1) is 8.68. The van der Waals surface area contributed by atoms with E-state index in [1.54, 1.807) is 4.90 Å². The SMILES string of the molecule is C[C@@H](N(C)C(=O)C1(C(=O)NC2CC2)CC1)C(C)(C)C. The van der Waals surface area contributed by atoms with E-state index in [1.165, 1.54) is 0 Å². The zero-order valence-corrected chi connectivity index (χ0v) is 12.7. The van der Waals surface area contributed by atoms with Crippen molar-refractivity contribution < 1.29 is 9.59 Å². The molecule has 2 rings (SSSR count). The van der Waals surface area contributed by atoms with E-state index in [0.717, 1.165) is 12.8 Å². The van der Waals surface area contributed by atoms with Crippen LogP contribution in [0.3, 0.4) is 0 Å². The molecule has 19 heavy (non-hydrogen) atoms. The van der Waals surface area contributed by atoms with Gasteiger partial charge in [-0.05, 0) is 38.0 Å². The van der Waals surface area contributed by atoms with Gasteiger partial charge in [-0.1, -0.05) is 20.8 Å². The van der Waals surface area contributed by atoms with E-state index in [4.69, 9.17) is 0 Å². The highest BCUT2D eigenvalue weighted by molar-refractivity contribution is 6.08. The Balaban J connectivity index is 2.03. The number of rotatable bonds is 4. The Labute approximate surface area is 115 Å². The van der Waals surface area contributed by atoms with Crippen molar-refractivity contribution in [1.82, 2.24) is 10.2 Å². The quantitative estimate of drug-likeness (QED) is 0.791. The van der Waals surface area contributed by atoms with E-state index in [2.05, 4.69) is 26.1 Å². The first kappa shape index (κ1) is 14.4. The van der Waals surface area contributed by atoms with Crippen LogP contribution in [0.15, 0.2) is 0 Å². The van der Waals surface area contributed by atoms with E-state index in [0.29, 0.717) is 18.9 Å². The highest BCUT2D eigenvalue weighted by Crippen LogP contribution is 2.48. The van der Waals surface area contributed by atoms with Crippen molar-refractivity contribution in [2.24, 2.45) is 10.8 Å². The summed E-state index contributed by atoms with van der Waals surface area (Å²) in [7, 11) is 1.82. The standard InChI is InChI=1S/C15H26N2O2/c1-10(14(2,3)4)17(5)13(19)15(8-9-15)12(18)16-11-6-7-11/h10-11H,6-9H2,1-5H3,(H,16,18)/t10-/m1/s1. The van der Waals surface area contributed by atoms with Crippen LogP contribution in [0.2, 0.25) is 0 Å². The molecule has 0 spiro atoms. The third-order valence-electron chi connectivity index (χ3n) is 4.66. The van der Waals surface area contributed by atoms with Crippen LogP contribution >= 0.6 is 0 Å². The Morgan fingerprint density at radius 1 is 1.26 bits per heavy atom. The van der Waals surface area contributed by atoms with Crippen LogP contribution in [0, 0.1) is 10.8 Å². The van der Waals surface area contributed by atoms with Crippen LogP contribution in [-0.4, -0.2) is 35.8 Å². The maximum atomic E-state index is 12.6. The molecule has 2 fully saturated rings. The zero-order valence-electron chi connectivity index (χ0n) is 12.7. The second kappa shape index (κ2) is 4.50. The summed E-state index contributed by atoms with van der Waals surface area (Å²) in [5, 5.41) is 2.98. The number of nitrogens with one attached hydrogen (secondary N) is 1. The third-order valence-corrected chi connectivity index (χ3v) is 4.66. The highest BCUT2D eigenvalue weighted by Gasteiger charge is 2.58. The molecule has 0 aromatic carbocycles. The molecule has 2 aliphatic rings. The van der Waals surface area contributed by atoms with Crippen molar-refractivity contribution >= 4 is 11.8 Å². The third kappa shape index (κ3) is 2.77. The number of carbonyl (C=O) groups excluding carboxylic acids is 2. The van der Waals surface area contributed by atoms with Gasteiger partial charge in [0.25, 0.3) is 0 Å². The molecule has 1 N–H and O–H groups in total. The fraction of sp³-hybridized carbons (Fsp3) is 0.867. The molecule has 108 valence electrons. The molecule has 0 saturated heterocycles. The van der Waals surface area contributed by atoms with Crippen molar-refractivity contribution in [2.75, 3.05) is 7.05 Å². The summed E-state index contributed by atoms with van der Waals surface area (Å²) < 4.78 is 0. The van der Waals surface area contributed by atoms with Crippen LogP contribution in [-0.2, 0) is 9.59 Å². The summed E-state index contributed by atoms with van der Waals surface area (Å²) in [6.45, 7) is 8.40. The van der Waals surface area contributed by atoms with Gasteiger partial charge in [-0.25, -0.2) is 0 Å². The lowest BCUT2D eigenvalue weighted by Gasteiger charge is -2.37. The molecule has 0 aliphatic heterocycles. The van der Waals surface area contributed by atoms with Crippen LogP contribution < -0.4 is 5.32 Å². The predicted molar refractivity (Wildman–Crippen MR) is 74.5 cm³/mol. The average Bonchev–Trinajstić information content (AvgIpc) is 3.17. The Bertz CT molecular complexity index is 389. The summed E-state index contributed by atoms with van der Waals surface area (Å²) in [6, 6.07) is 0.439. The Hall–Kier alpha value is -1.06. The fourth-order valence-electron chi connectivity index (χ4n) is 2.31. The molecule has 0 heterocycles. The highest BCUT2D eigenvalue weighted by atomic mass is 16.2. The van der Waals surface area contributed by atoms with Gasteiger partial charge in [-0.2, -0.15) is 0 Å². The van der Waals surface area contributed by atoms with Gasteiger partial charge in [-0.15, -0.1) is 0 Å². The molecular weight excluding hydrogens is 240 g/mol. The van der Waals surface area contributed by atoms with Crippen molar-refractivity contribution in [3.8, 4) is 0 Å². The van der Waals surface area contributed by atoms with Crippen LogP contribution in [0.1, 0.15) is 53.4 Å². The van der Waals surface area contributed by atoms with Crippen LogP contribution in [0.25, 0.3) is 0 Å².